The largest absolute Gasteiger partial charge is 0.385 e. The van der Waals surface area contributed by atoms with Crippen LogP contribution in [-0.4, -0.2) is 45.7 Å². The monoisotopic (exact) mass is 386 g/mol. The van der Waals surface area contributed by atoms with Crippen LogP contribution in [0.3, 0.4) is 0 Å². The maximum absolute atomic E-state index is 13.1. The number of nitrogens with two attached hydrogens (primary N) is 1. The Morgan fingerprint density at radius 3 is 2.79 bits per heavy atom. The molecule has 1 aromatic heterocycles. The fourth-order valence-electron chi connectivity index (χ4n) is 4.45. The summed E-state index contributed by atoms with van der Waals surface area (Å²) in [4.78, 5) is 31.5. The van der Waals surface area contributed by atoms with Crippen LogP contribution in [0.4, 0.5) is 5.82 Å². The minimum Gasteiger partial charge on any atom is -0.385 e. The topological polar surface area (TPSA) is 82.4 Å². The lowest BCUT2D eigenvalue weighted by molar-refractivity contribution is -0.132. The van der Waals surface area contributed by atoms with E-state index < -0.39 is 0 Å². The first-order valence-corrected chi connectivity index (χ1v) is 9.69. The molecule has 6 heteroatoms. The second-order valence-electron chi connectivity index (χ2n) is 7.85. The minimum absolute atomic E-state index is 0.0379. The Morgan fingerprint density at radius 2 is 2.03 bits per heavy atom. The lowest BCUT2D eigenvalue weighted by Crippen LogP contribution is -2.60. The lowest BCUT2D eigenvalue weighted by atomic mass is 9.94. The van der Waals surface area contributed by atoms with Crippen LogP contribution in [0.1, 0.15) is 21.5 Å². The second-order valence-corrected chi connectivity index (χ2v) is 7.85. The van der Waals surface area contributed by atoms with E-state index in [1.54, 1.807) is 4.90 Å². The molecule has 2 aliphatic rings. The zero-order chi connectivity index (χ0) is 20.3. The van der Waals surface area contributed by atoms with Gasteiger partial charge in [-0.3, -0.25) is 9.59 Å². The number of nitrogens with one attached hydrogen (secondary N) is 1. The molecule has 2 aromatic carbocycles. The molecule has 0 saturated carbocycles. The molecule has 146 valence electrons. The predicted octanol–water partition coefficient (Wildman–Crippen LogP) is 3.08. The van der Waals surface area contributed by atoms with Gasteiger partial charge in [-0.2, -0.15) is 0 Å². The van der Waals surface area contributed by atoms with E-state index >= 15 is 0 Å². The van der Waals surface area contributed by atoms with Crippen LogP contribution < -0.4 is 5.73 Å². The van der Waals surface area contributed by atoms with Crippen molar-refractivity contribution in [3.05, 3.63) is 65.7 Å². The number of hydrogen-bond acceptors (Lipinski definition) is 3. The number of carbonyl (C=O) groups excluding carboxylic acids is 2. The van der Waals surface area contributed by atoms with Gasteiger partial charge in [0.2, 0.25) is 5.91 Å². The number of aromatic nitrogens is 1. The van der Waals surface area contributed by atoms with Crippen molar-refractivity contribution in [2.75, 3.05) is 18.8 Å². The maximum atomic E-state index is 13.1. The first kappa shape index (κ1) is 17.6. The van der Waals surface area contributed by atoms with Crippen molar-refractivity contribution in [1.29, 1.82) is 0 Å². The Kier molecular flexibility index (Phi) is 3.77. The summed E-state index contributed by atoms with van der Waals surface area (Å²) in [7, 11) is 0. The summed E-state index contributed by atoms with van der Waals surface area (Å²) >= 11 is 0. The number of benzene rings is 2. The lowest BCUT2D eigenvalue weighted by Gasteiger charge is -2.43. The molecule has 0 atom stereocenters. The first-order valence-electron chi connectivity index (χ1n) is 9.69. The number of hydrogen-bond donors (Lipinski definition) is 2. The first-order chi connectivity index (χ1) is 14.0. The number of anilines is 1. The third-order valence-corrected chi connectivity index (χ3v) is 6.05. The summed E-state index contributed by atoms with van der Waals surface area (Å²) in [6.45, 7) is 7.32. The minimum atomic E-state index is -0.0814. The van der Waals surface area contributed by atoms with E-state index in [1.165, 1.54) is 6.08 Å². The quantitative estimate of drug-likeness (QED) is 0.679. The van der Waals surface area contributed by atoms with Crippen molar-refractivity contribution in [2.24, 2.45) is 0 Å². The highest BCUT2D eigenvalue weighted by Gasteiger charge is 2.40. The number of aromatic amines is 1. The highest BCUT2D eigenvalue weighted by atomic mass is 16.2. The molecule has 3 N–H and O–H groups in total. The highest BCUT2D eigenvalue weighted by molar-refractivity contribution is 6.03. The number of rotatable bonds is 3. The molecule has 5 rings (SSSR count). The Hall–Kier alpha value is -3.54. The molecular formula is C23H22N4O2. The zero-order valence-corrected chi connectivity index (χ0v) is 16.2. The Morgan fingerprint density at radius 1 is 1.24 bits per heavy atom. The summed E-state index contributed by atoms with van der Waals surface area (Å²) in [5.41, 5.74) is 12.0. The van der Waals surface area contributed by atoms with Crippen LogP contribution in [0.25, 0.3) is 22.0 Å². The molecule has 3 heterocycles. The number of amides is 2. The van der Waals surface area contributed by atoms with Crippen LogP contribution in [0, 0.1) is 6.92 Å². The molecule has 29 heavy (non-hydrogen) atoms. The van der Waals surface area contributed by atoms with Gasteiger partial charge in [-0.1, -0.05) is 24.8 Å². The molecule has 0 radical (unpaired) electrons. The average molecular weight is 386 g/mol. The van der Waals surface area contributed by atoms with Gasteiger partial charge in [0.15, 0.2) is 0 Å². The molecule has 0 spiro atoms. The molecule has 1 saturated heterocycles. The van der Waals surface area contributed by atoms with Gasteiger partial charge in [0.1, 0.15) is 5.82 Å². The van der Waals surface area contributed by atoms with Gasteiger partial charge in [0.25, 0.3) is 5.91 Å². The van der Waals surface area contributed by atoms with Crippen LogP contribution >= 0.6 is 0 Å². The highest BCUT2D eigenvalue weighted by Crippen LogP contribution is 2.36. The number of H-pyrrole nitrogens is 1. The van der Waals surface area contributed by atoms with Gasteiger partial charge in [0.05, 0.1) is 6.04 Å². The van der Waals surface area contributed by atoms with Crippen LogP contribution in [0.15, 0.2) is 49.1 Å². The zero-order valence-electron chi connectivity index (χ0n) is 16.2. The summed E-state index contributed by atoms with van der Waals surface area (Å²) in [6.07, 6.45) is 1.32. The smallest absolute Gasteiger partial charge is 0.254 e. The maximum Gasteiger partial charge on any atom is 0.254 e. The van der Waals surface area contributed by atoms with Gasteiger partial charge in [0, 0.05) is 36.1 Å². The number of fused-ring (bicyclic) bond motifs is 2. The number of nitrogens with zero attached hydrogens (tertiary/aromatic N) is 2. The molecule has 1 fully saturated rings. The molecule has 6 nitrogen and oxygen atoms in total. The Labute approximate surface area is 168 Å². The molecular weight excluding hydrogens is 364 g/mol. The summed E-state index contributed by atoms with van der Waals surface area (Å²) < 4.78 is 0. The number of likely N-dealkylation sites (tertiary alicyclic amines) is 1. The normalized spacial score (nSPS) is 16.2. The fourth-order valence-corrected chi connectivity index (χ4v) is 4.45. The van der Waals surface area contributed by atoms with E-state index in [0.29, 0.717) is 25.5 Å². The second kappa shape index (κ2) is 6.24. The summed E-state index contributed by atoms with van der Waals surface area (Å²) in [5, 5.41) is 1.06. The van der Waals surface area contributed by atoms with Gasteiger partial charge < -0.3 is 20.5 Å². The third kappa shape index (κ3) is 2.63. The fraction of sp³-hybridized carbons (Fsp3) is 0.217. The number of carbonyl (C=O) groups is 2. The third-order valence-electron chi connectivity index (χ3n) is 6.05. The molecule has 0 bridgehead atoms. The van der Waals surface area contributed by atoms with E-state index in [4.69, 9.17) is 5.73 Å². The van der Waals surface area contributed by atoms with Crippen molar-refractivity contribution in [3.63, 3.8) is 0 Å². The van der Waals surface area contributed by atoms with E-state index in [-0.39, 0.29) is 17.9 Å². The predicted molar refractivity (Wildman–Crippen MR) is 113 cm³/mol. The van der Waals surface area contributed by atoms with Crippen molar-refractivity contribution in [3.8, 4) is 11.1 Å². The molecule has 3 aromatic rings. The van der Waals surface area contributed by atoms with Gasteiger partial charge >= 0.3 is 0 Å². The van der Waals surface area contributed by atoms with Crippen molar-refractivity contribution >= 4 is 28.5 Å². The van der Waals surface area contributed by atoms with Crippen LogP contribution in [0.5, 0.6) is 0 Å². The molecule has 0 aliphatic carbocycles. The number of nitrogen functional groups attached to an aromatic ring is 1. The number of aryl methyl sites for hydroxylation is 1. The average Bonchev–Trinajstić information content (AvgIpc) is 3.20. The van der Waals surface area contributed by atoms with Gasteiger partial charge in [-0.15, -0.1) is 0 Å². The van der Waals surface area contributed by atoms with Crippen molar-refractivity contribution < 1.29 is 9.59 Å². The van der Waals surface area contributed by atoms with E-state index in [2.05, 4.69) is 30.6 Å². The molecule has 0 unspecified atom stereocenters. The van der Waals surface area contributed by atoms with Gasteiger partial charge in [-0.25, -0.2) is 0 Å². The SMILES string of the molecule is C=CC(=O)N1CC(N2Cc3ccc(-c4c(C)ccc5[nH]c(N)cc45)cc3C2=O)C1. The van der Waals surface area contributed by atoms with Crippen molar-refractivity contribution in [1.82, 2.24) is 14.8 Å². The Balaban J connectivity index is 1.47. The standard InChI is InChI=1S/C23H22N4O2/c1-3-21(28)26-11-16(12-26)27-10-15-6-5-14(8-17(15)23(27)29)22-13(2)4-7-19-18(22)9-20(24)25-19/h3-9,16,25H,1,10-12,24H2,2H3. The Bertz CT molecular complexity index is 1190. The summed E-state index contributed by atoms with van der Waals surface area (Å²) in [6, 6.07) is 12.2. The van der Waals surface area contributed by atoms with Crippen LogP contribution in [0.2, 0.25) is 0 Å². The van der Waals surface area contributed by atoms with Crippen LogP contribution in [-0.2, 0) is 11.3 Å². The van der Waals surface area contributed by atoms with Crippen molar-refractivity contribution in [2.45, 2.75) is 19.5 Å². The van der Waals surface area contributed by atoms with E-state index in [0.717, 1.165) is 38.7 Å². The van der Waals surface area contributed by atoms with E-state index in [9.17, 15) is 9.59 Å². The molecule has 2 amide bonds. The van der Waals surface area contributed by atoms with Gasteiger partial charge in [-0.05, 0) is 53.5 Å². The summed E-state index contributed by atoms with van der Waals surface area (Å²) in [5.74, 6) is 0.580. The molecule has 2 aliphatic heterocycles. The van der Waals surface area contributed by atoms with E-state index in [1.807, 2.05) is 29.2 Å².